The van der Waals surface area contributed by atoms with Gasteiger partial charge < -0.3 is 10.4 Å². The number of aliphatic hydroxyl groups is 1. The van der Waals surface area contributed by atoms with E-state index in [0.29, 0.717) is 5.92 Å². The maximum absolute atomic E-state index is 11.4. The fourth-order valence-corrected chi connectivity index (χ4v) is 6.16. The molecule has 3 aliphatic carbocycles. The molecule has 0 radical (unpaired) electrons. The van der Waals surface area contributed by atoms with Crippen LogP contribution in [0.3, 0.4) is 0 Å². The summed E-state index contributed by atoms with van der Waals surface area (Å²) in [7, 11) is 0. The van der Waals surface area contributed by atoms with Gasteiger partial charge in [-0.25, -0.2) is 0 Å². The average Bonchev–Trinajstić information content (AvgIpc) is 3.18. The molecular formula is C18H23NO. The van der Waals surface area contributed by atoms with Gasteiger partial charge in [0.1, 0.15) is 0 Å². The molecule has 1 aromatic carbocycles. The standard InChI is InChI=1S/C18H23NO/c20-18(17-9-11-4-1-2-7-16(11)19-17)10-12-8-15(18)14-6-3-5-13(12)14/h1-2,4,7,12-15,17,19-20H,3,5-6,8-10H2. The summed E-state index contributed by atoms with van der Waals surface area (Å²) in [6, 6.07) is 8.81. The molecule has 1 aromatic rings. The van der Waals surface area contributed by atoms with Crippen molar-refractivity contribution in [2.24, 2.45) is 23.7 Å². The highest BCUT2D eigenvalue weighted by atomic mass is 16.3. The maximum atomic E-state index is 11.4. The minimum atomic E-state index is -0.449. The Morgan fingerprint density at radius 2 is 2.00 bits per heavy atom. The van der Waals surface area contributed by atoms with Crippen molar-refractivity contribution in [2.75, 3.05) is 5.32 Å². The lowest BCUT2D eigenvalue weighted by molar-refractivity contribution is -0.0584. The zero-order chi connectivity index (χ0) is 13.3. The highest BCUT2D eigenvalue weighted by Gasteiger charge is 2.63. The summed E-state index contributed by atoms with van der Waals surface area (Å²) in [5.74, 6) is 3.14. The molecule has 3 saturated carbocycles. The summed E-state index contributed by atoms with van der Waals surface area (Å²) in [5, 5.41) is 15.1. The van der Waals surface area contributed by atoms with Crippen LogP contribution >= 0.6 is 0 Å². The molecule has 20 heavy (non-hydrogen) atoms. The van der Waals surface area contributed by atoms with Crippen LogP contribution in [0.2, 0.25) is 0 Å². The van der Waals surface area contributed by atoms with Crippen LogP contribution in [0.15, 0.2) is 24.3 Å². The lowest BCUT2D eigenvalue weighted by atomic mass is 9.69. The Morgan fingerprint density at radius 3 is 2.90 bits per heavy atom. The normalized spacial score (nSPS) is 48.1. The number of hydrogen-bond acceptors (Lipinski definition) is 2. The number of rotatable bonds is 1. The Labute approximate surface area is 120 Å². The van der Waals surface area contributed by atoms with E-state index in [4.69, 9.17) is 0 Å². The number of hydrogen-bond donors (Lipinski definition) is 2. The fraction of sp³-hybridized carbons (Fsp3) is 0.667. The monoisotopic (exact) mass is 269 g/mol. The molecule has 2 bridgehead atoms. The molecule has 106 valence electrons. The second-order valence-electron chi connectivity index (χ2n) is 7.61. The van der Waals surface area contributed by atoms with Gasteiger partial charge in [0.05, 0.1) is 11.6 Å². The SMILES string of the molecule is OC1(C2Cc3ccccc3N2)CC2CC1C1CCCC21. The zero-order valence-corrected chi connectivity index (χ0v) is 11.9. The van der Waals surface area contributed by atoms with Crippen LogP contribution < -0.4 is 5.32 Å². The second-order valence-corrected chi connectivity index (χ2v) is 7.61. The van der Waals surface area contributed by atoms with Crippen molar-refractivity contribution in [3.05, 3.63) is 29.8 Å². The van der Waals surface area contributed by atoms with Gasteiger partial charge in [-0.1, -0.05) is 24.6 Å². The van der Waals surface area contributed by atoms with Crippen molar-refractivity contribution in [1.82, 2.24) is 0 Å². The van der Waals surface area contributed by atoms with E-state index >= 15 is 0 Å². The zero-order valence-electron chi connectivity index (χ0n) is 11.9. The molecule has 0 amide bonds. The summed E-state index contributed by atoms with van der Waals surface area (Å²) in [6.07, 6.45) is 7.54. The highest BCUT2D eigenvalue weighted by molar-refractivity contribution is 5.57. The van der Waals surface area contributed by atoms with Crippen LogP contribution in [0.5, 0.6) is 0 Å². The van der Waals surface area contributed by atoms with Gasteiger partial charge in [-0.3, -0.25) is 0 Å². The molecule has 0 aromatic heterocycles. The third kappa shape index (κ3) is 1.34. The van der Waals surface area contributed by atoms with Crippen LogP contribution in [0.1, 0.15) is 37.7 Å². The van der Waals surface area contributed by atoms with Gasteiger partial charge in [0.2, 0.25) is 0 Å². The van der Waals surface area contributed by atoms with Gasteiger partial charge in [-0.05, 0) is 67.4 Å². The van der Waals surface area contributed by atoms with Crippen molar-refractivity contribution in [3.8, 4) is 0 Å². The van der Waals surface area contributed by atoms with Gasteiger partial charge in [0.15, 0.2) is 0 Å². The predicted molar refractivity (Wildman–Crippen MR) is 79.6 cm³/mol. The maximum Gasteiger partial charge on any atom is 0.0884 e. The first-order valence-electron chi connectivity index (χ1n) is 8.32. The largest absolute Gasteiger partial charge is 0.387 e. The van der Waals surface area contributed by atoms with Crippen molar-refractivity contribution >= 4 is 5.69 Å². The van der Waals surface area contributed by atoms with E-state index in [-0.39, 0.29) is 6.04 Å². The topological polar surface area (TPSA) is 32.3 Å². The number of para-hydroxylation sites is 1. The average molecular weight is 269 g/mol. The number of fused-ring (bicyclic) bond motifs is 6. The van der Waals surface area contributed by atoms with Crippen LogP contribution in [-0.2, 0) is 6.42 Å². The van der Waals surface area contributed by atoms with Crippen LogP contribution in [0, 0.1) is 23.7 Å². The Bertz CT molecular complexity index is 531. The van der Waals surface area contributed by atoms with Gasteiger partial charge in [0, 0.05) is 5.69 Å². The first-order chi connectivity index (χ1) is 9.75. The van der Waals surface area contributed by atoms with E-state index < -0.39 is 5.60 Å². The van der Waals surface area contributed by atoms with E-state index in [9.17, 15) is 5.11 Å². The lowest BCUT2D eigenvalue weighted by Crippen LogP contribution is -2.53. The number of anilines is 1. The second kappa shape index (κ2) is 3.79. The van der Waals surface area contributed by atoms with Gasteiger partial charge >= 0.3 is 0 Å². The minimum absolute atomic E-state index is 0.247. The molecule has 4 aliphatic rings. The Morgan fingerprint density at radius 1 is 1.15 bits per heavy atom. The molecule has 1 heterocycles. The van der Waals surface area contributed by atoms with E-state index in [1.54, 1.807) is 0 Å². The molecule has 3 fully saturated rings. The Hall–Kier alpha value is -1.02. The lowest BCUT2D eigenvalue weighted by Gasteiger charge is -2.43. The molecule has 2 nitrogen and oxygen atoms in total. The van der Waals surface area contributed by atoms with E-state index in [0.717, 1.165) is 30.6 Å². The molecule has 2 N–H and O–H groups in total. The van der Waals surface area contributed by atoms with E-state index in [2.05, 4.69) is 29.6 Å². The Balaban J connectivity index is 1.45. The van der Waals surface area contributed by atoms with Crippen LogP contribution in [0.4, 0.5) is 5.69 Å². The molecule has 6 unspecified atom stereocenters. The van der Waals surface area contributed by atoms with Gasteiger partial charge in [0.25, 0.3) is 0 Å². The van der Waals surface area contributed by atoms with Gasteiger partial charge in [-0.15, -0.1) is 0 Å². The molecule has 1 aliphatic heterocycles. The highest BCUT2D eigenvalue weighted by Crippen LogP contribution is 2.63. The van der Waals surface area contributed by atoms with Crippen molar-refractivity contribution in [1.29, 1.82) is 0 Å². The third-order valence-electron chi connectivity index (χ3n) is 6.91. The van der Waals surface area contributed by atoms with Crippen molar-refractivity contribution < 1.29 is 5.11 Å². The summed E-state index contributed by atoms with van der Waals surface area (Å²) in [6.45, 7) is 0. The summed E-state index contributed by atoms with van der Waals surface area (Å²) < 4.78 is 0. The minimum Gasteiger partial charge on any atom is -0.387 e. The van der Waals surface area contributed by atoms with Crippen LogP contribution in [-0.4, -0.2) is 16.7 Å². The van der Waals surface area contributed by atoms with E-state index in [1.807, 2.05) is 0 Å². The predicted octanol–water partition coefficient (Wildman–Crippen LogP) is 3.21. The molecule has 2 heteroatoms. The summed E-state index contributed by atoms with van der Waals surface area (Å²) in [4.78, 5) is 0. The molecule has 0 saturated heterocycles. The molecule has 5 rings (SSSR count). The molecule has 0 spiro atoms. The quantitative estimate of drug-likeness (QED) is 0.820. The smallest absolute Gasteiger partial charge is 0.0884 e. The summed E-state index contributed by atoms with van der Waals surface area (Å²) in [5.41, 5.74) is 2.18. The molecular weight excluding hydrogens is 246 g/mol. The van der Waals surface area contributed by atoms with Crippen LogP contribution in [0.25, 0.3) is 0 Å². The van der Waals surface area contributed by atoms with Crippen molar-refractivity contribution in [3.63, 3.8) is 0 Å². The first kappa shape index (κ1) is 11.6. The third-order valence-corrected chi connectivity index (χ3v) is 6.91. The first-order valence-corrected chi connectivity index (χ1v) is 8.32. The van der Waals surface area contributed by atoms with Gasteiger partial charge in [-0.2, -0.15) is 0 Å². The fourth-order valence-electron chi connectivity index (χ4n) is 6.16. The number of nitrogens with one attached hydrogen (secondary N) is 1. The van der Waals surface area contributed by atoms with E-state index in [1.165, 1.54) is 36.9 Å². The number of benzene rings is 1. The Kier molecular flexibility index (Phi) is 2.20. The molecule has 6 atom stereocenters. The summed E-state index contributed by atoms with van der Waals surface area (Å²) >= 11 is 0. The van der Waals surface area contributed by atoms with Crippen molar-refractivity contribution in [2.45, 2.75) is 50.2 Å².